The fourth-order valence-corrected chi connectivity index (χ4v) is 2.42. The molecule has 0 fully saturated rings. The number of unbranched alkanes of at least 4 members (excludes halogenated alkanes) is 1. The maximum atomic E-state index is 6.39. The summed E-state index contributed by atoms with van der Waals surface area (Å²) in [5.74, 6) is 0.701. The summed E-state index contributed by atoms with van der Waals surface area (Å²) in [7, 11) is 4.18. The van der Waals surface area contributed by atoms with Gasteiger partial charge in [-0.15, -0.1) is 0 Å². The SMILES string of the molecule is Cc1ccccc1NC1=NC(N)(CCCCN(C)C)C=CN1. The van der Waals surface area contributed by atoms with Crippen LogP contribution in [0.5, 0.6) is 0 Å². The van der Waals surface area contributed by atoms with Crippen LogP contribution in [-0.4, -0.2) is 37.2 Å². The van der Waals surface area contributed by atoms with E-state index in [-0.39, 0.29) is 0 Å². The highest BCUT2D eigenvalue weighted by Crippen LogP contribution is 2.19. The van der Waals surface area contributed by atoms with Gasteiger partial charge in [-0.05, 0) is 64.5 Å². The quantitative estimate of drug-likeness (QED) is 0.705. The maximum Gasteiger partial charge on any atom is 0.202 e. The average molecular weight is 301 g/mol. The van der Waals surface area contributed by atoms with Gasteiger partial charge in [-0.3, -0.25) is 0 Å². The number of rotatable bonds is 6. The van der Waals surface area contributed by atoms with E-state index in [9.17, 15) is 0 Å². The summed E-state index contributed by atoms with van der Waals surface area (Å²) >= 11 is 0. The summed E-state index contributed by atoms with van der Waals surface area (Å²) < 4.78 is 0. The Morgan fingerprint density at radius 2 is 2.05 bits per heavy atom. The van der Waals surface area contributed by atoms with Crippen LogP contribution < -0.4 is 16.4 Å². The molecule has 5 nitrogen and oxygen atoms in total. The van der Waals surface area contributed by atoms with Crippen LogP contribution in [0.25, 0.3) is 0 Å². The molecule has 2 rings (SSSR count). The Kier molecular flexibility index (Phi) is 5.57. The van der Waals surface area contributed by atoms with Crippen LogP contribution in [0.4, 0.5) is 5.69 Å². The zero-order valence-electron chi connectivity index (χ0n) is 13.8. The molecule has 120 valence electrons. The molecule has 0 spiro atoms. The Morgan fingerprint density at radius 3 is 2.77 bits per heavy atom. The predicted molar refractivity (Wildman–Crippen MR) is 93.8 cm³/mol. The van der Waals surface area contributed by atoms with Crippen molar-refractivity contribution in [2.75, 3.05) is 26.0 Å². The number of para-hydroxylation sites is 1. The minimum atomic E-state index is -0.622. The number of hydrogen-bond acceptors (Lipinski definition) is 5. The molecule has 0 aliphatic carbocycles. The number of nitrogens with two attached hydrogens (primary N) is 1. The summed E-state index contributed by atoms with van der Waals surface area (Å²) in [4.78, 5) is 6.83. The van der Waals surface area contributed by atoms with Gasteiger partial charge in [0.25, 0.3) is 0 Å². The van der Waals surface area contributed by atoms with Crippen molar-refractivity contribution in [3.05, 3.63) is 42.1 Å². The van der Waals surface area contributed by atoms with E-state index in [1.165, 1.54) is 5.56 Å². The molecule has 0 aromatic heterocycles. The van der Waals surface area contributed by atoms with Crippen LogP contribution in [-0.2, 0) is 0 Å². The molecule has 1 aliphatic heterocycles. The van der Waals surface area contributed by atoms with Crippen molar-refractivity contribution < 1.29 is 0 Å². The summed E-state index contributed by atoms with van der Waals surface area (Å²) in [5, 5.41) is 6.44. The van der Waals surface area contributed by atoms with E-state index < -0.39 is 5.66 Å². The van der Waals surface area contributed by atoms with Gasteiger partial charge in [-0.25, -0.2) is 4.99 Å². The van der Waals surface area contributed by atoms with E-state index in [1.807, 2.05) is 30.5 Å². The van der Waals surface area contributed by atoms with E-state index in [0.29, 0.717) is 5.96 Å². The van der Waals surface area contributed by atoms with Gasteiger partial charge in [0.15, 0.2) is 0 Å². The van der Waals surface area contributed by atoms with Crippen LogP contribution in [0, 0.1) is 6.92 Å². The number of aryl methyl sites for hydroxylation is 1. The first-order valence-corrected chi connectivity index (χ1v) is 7.79. The van der Waals surface area contributed by atoms with Crippen LogP contribution in [0.1, 0.15) is 24.8 Å². The number of anilines is 1. The Bertz CT molecular complexity index is 550. The fourth-order valence-electron chi connectivity index (χ4n) is 2.42. The summed E-state index contributed by atoms with van der Waals surface area (Å²) in [6.45, 7) is 3.15. The van der Waals surface area contributed by atoms with Gasteiger partial charge < -0.3 is 21.3 Å². The number of benzene rings is 1. The van der Waals surface area contributed by atoms with E-state index in [1.54, 1.807) is 0 Å². The Labute approximate surface area is 133 Å². The van der Waals surface area contributed by atoms with Gasteiger partial charge in [0, 0.05) is 11.9 Å². The Hall–Kier alpha value is -1.85. The van der Waals surface area contributed by atoms with Crippen molar-refractivity contribution in [3.63, 3.8) is 0 Å². The van der Waals surface area contributed by atoms with Crippen molar-refractivity contribution in [1.29, 1.82) is 0 Å². The van der Waals surface area contributed by atoms with Crippen LogP contribution in [0.3, 0.4) is 0 Å². The molecule has 5 heteroatoms. The molecule has 1 heterocycles. The third-order valence-corrected chi connectivity index (χ3v) is 3.74. The van der Waals surface area contributed by atoms with E-state index in [0.717, 1.165) is 31.5 Å². The molecule has 0 bridgehead atoms. The Morgan fingerprint density at radius 1 is 1.27 bits per heavy atom. The molecule has 1 aromatic rings. The van der Waals surface area contributed by atoms with Gasteiger partial charge in [0.2, 0.25) is 5.96 Å². The summed E-state index contributed by atoms with van der Waals surface area (Å²) in [6, 6.07) is 8.13. The third kappa shape index (κ3) is 4.86. The second kappa shape index (κ2) is 7.42. The molecule has 4 N–H and O–H groups in total. The molecular formula is C17H27N5. The molecule has 1 atom stereocenters. The van der Waals surface area contributed by atoms with Gasteiger partial charge in [-0.2, -0.15) is 0 Å². The summed E-state index contributed by atoms with van der Waals surface area (Å²) in [6.07, 6.45) is 6.84. The number of aliphatic imine (C=N–C) groups is 1. The monoisotopic (exact) mass is 301 g/mol. The Balaban J connectivity index is 1.95. The van der Waals surface area contributed by atoms with Crippen LogP contribution >= 0.6 is 0 Å². The number of nitrogens with one attached hydrogen (secondary N) is 2. The highest BCUT2D eigenvalue weighted by atomic mass is 15.2. The second-order valence-corrected chi connectivity index (χ2v) is 6.13. The number of guanidine groups is 1. The first-order valence-electron chi connectivity index (χ1n) is 7.79. The smallest absolute Gasteiger partial charge is 0.202 e. The topological polar surface area (TPSA) is 65.7 Å². The molecular weight excluding hydrogens is 274 g/mol. The highest BCUT2D eigenvalue weighted by Gasteiger charge is 2.23. The maximum absolute atomic E-state index is 6.39. The zero-order chi connectivity index (χ0) is 16.0. The van der Waals surface area contributed by atoms with Crippen molar-refractivity contribution >= 4 is 11.6 Å². The van der Waals surface area contributed by atoms with Gasteiger partial charge >= 0.3 is 0 Å². The molecule has 1 unspecified atom stereocenters. The first-order chi connectivity index (χ1) is 10.5. The first kappa shape index (κ1) is 16.5. The molecule has 22 heavy (non-hydrogen) atoms. The molecule has 1 aromatic carbocycles. The lowest BCUT2D eigenvalue weighted by Crippen LogP contribution is -2.44. The van der Waals surface area contributed by atoms with Crippen molar-refractivity contribution in [1.82, 2.24) is 10.2 Å². The van der Waals surface area contributed by atoms with Crippen LogP contribution in [0.15, 0.2) is 41.5 Å². The largest absolute Gasteiger partial charge is 0.333 e. The fraction of sp³-hybridized carbons (Fsp3) is 0.471. The normalized spacial score (nSPS) is 20.7. The minimum Gasteiger partial charge on any atom is -0.333 e. The minimum absolute atomic E-state index is 0.622. The lowest BCUT2D eigenvalue weighted by molar-refractivity contribution is 0.376. The predicted octanol–water partition coefficient (Wildman–Crippen LogP) is 2.27. The lowest BCUT2D eigenvalue weighted by atomic mass is 10.0. The van der Waals surface area contributed by atoms with E-state index in [2.05, 4.69) is 47.6 Å². The number of hydrogen-bond donors (Lipinski definition) is 3. The molecule has 0 amide bonds. The number of nitrogens with zero attached hydrogens (tertiary/aromatic N) is 2. The molecule has 1 aliphatic rings. The summed E-state index contributed by atoms with van der Waals surface area (Å²) in [5.41, 5.74) is 7.98. The van der Waals surface area contributed by atoms with Crippen molar-refractivity contribution in [2.24, 2.45) is 10.7 Å². The van der Waals surface area contributed by atoms with Crippen LogP contribution in [0.2, 0.25) is 0 Å². The average Bonchev–Trinajstić information content (AvgIpc) is 2.46. The molecule has 0 saturated heterocycles. The molecule has 0 radical (unpaired) electrons. The standard InChI is InChI=1S/C17H27N5/c1-14-8-4-5-9-15(14)20-16-19-12-11-17(18,21-16)10-6-7-13-22(2)3/h4-5,8-9,11-12H,6-7,10,13,18H2,1-3H3,(H2,19,20,21). The van der Waals surface area contributed by atoms with E-state index in [4.69, 9.17) is 5.73 Å². The van der Waals surface area contributed by atoms with Crippen molar-refractivity contribution in [3.8, 4) is 0 Å². The van der Waals surface area contributed by atoms with Gasteiger partial charge in [0.1, 0.15) is 5.66 Å². The van der Waals surface area contributed by atoms with Crippen molar-refractivity contribution in [2.45, 2.75) is 31.8 Å². The van der Waals surface area contributed by atoms with Gasteiger partial charge in [0.05, 0.1) is 0 Å². The lowest BCUT2D eigenvalue weighted by Gasteiger charge is -2.27. The zero-order valence-corrected chi connectivity index (χ0v) is 13.8. The highest BCUT2D eigenvalue weighted by molar-refractivity contribution is 5.95. The van der Waals surface area contributed by atoms with E-state index >= 15 is 0 Å². The molecule has 0 saturated carbocycles. The van der Waals surface area contributed by atoms with Gasteiger partial charge in [-0.1, -0.05) is 18.2 Å². The third-order valence-electron chi connectivity index (χ3n) is 3.74. The second-order valence-electron chi connectivity index (χ2n) is 6.13.